The lowest BCUT2D eigenvalue weighted by atomic mass is 10.2. The van der Waals surface area contributed by atoms with Gasteiger partial charge in [0.15, 0.2) is 0 Å². The smallest absolute Gasteiger partial charge is 0.234 e. The van der Waals surface area contributed by atoms with Crippen LogP contribution in [0.1, 0.15) is 43.0 Å². The zero-order valence-electron chi connectivity index (χ0n) is 11.0. The average molecular weight is 266 g/mol. The number of amides is 1. The lowest BCUT2D eigenvalue weighted by Crippen LogP contribution is -2.38. The van der Waals surface area contributed by atoms with E-state index in [1.54, 1.807) is 11.3 Å². The molecule has 1 saturated carbocycles. The van der Waals surface area contributed by atoms with Crippen LogP contribution in [0.25, 0.3) is 0 Å². The molecule has 2 rings (SSSR count). The zero-order valence-corrected chi connectivity index (χ0v) is 11.8. The molecule has 0 radical (unpaired) electrons. The minimum Gasteiger partial charge on any atom is -0.352 e. The highest BCUT2D eigenvalue weighted by atomic mass is 32.1. The maximum atomic E-state index is 11.7. The van der Waals surface area contributed by atoms with Crippen LogP contribution in [0.3, 0.4) is 0 Å². The summed E-state index contributed by atoms with van der Waals surface area (Å²) in [5, 5.41) is 8.44. The van der Waals surface area contributed by atoms with E-state index in [9.17, 15) is 4.79 Å². The van der Waals surface area contributed by atoms with E-state index >= 15 is 0 Å². The van der Waals surface area contributed by atoms with Crippen molar-refractivity contribution in [1.29, 1.82) is 0 Å². The first-order chi connectivity index (χ1) is 8.79. The zero-order chi connectivity index (χ0) is 12.8. The van der Waals surface area contributed by atoms with Gasteiger partial charge in [0, 0.05) is 17.5 Å². The number of hydrogen-bond donors (Lipinski definition) is 2. The summed E-state index contributed by atoms with van der Waals surface area (Å²) in [6.07, 6.45) is 5.88. The first-order valence-electron chi connectivity index (χ1n) is 6.85. The Kier molecular flexibility index (Phi) is 5.20. The summed E-state index contributed by atoms with van der Waals surface area (Å²) in [6, 6.07) is 2.59. The Morgan fingerprint density at radius 3 is 2.94 bits per heavy atom. The second kappa shape index (κ2) is 6.90. The van der Waals surface area contributed by atoms with Gasteiger partial charge in [-0.05, 0) is 36.3 Å². The van der Waals surface area contributed by atoms with Crippen LogP contribution in [-0.4, -0.2) is 18.5 Å². The Bertz CT molecular complexity index is 383. The summed E-state index contributed by atoms with van der Waals surface area (Å²) >= 11 is 1.76. The van der Waals surface area contributed by atoms with Crippen LogP contribution in [-0.2, 0) is 17.8 Å². The van der Waals surface area contributed by atoms with Crippen molar-refractivity contribution in [2.75, 3.05) is 6.54 Å². The highest BCUT2D eigenvalue weighted by Gasteiger charge is 2.16. The van der Waals surface area contributed by atoms with E-state index < -0.39 is 0 Å². The topological polar surface area (TPSA) is 41.1 Å². The largest absolute Gasteiger partial charge is 0.352 e. The summed E-state index contributed by atoms with van der Waals surface area (Å²) in [6.45, 7) is 3.40. The lowest BCUT2D eigenvalue weighted by molar-refractivity contribution is -0.120. The first-order valence-corrected chi connectivity index (χ1v) is 7.73. The molecule has 0 aliphatic heterocycles. The molecule has 0 spiro atoms. The Morgan fingerprint density at radius 2 is 2.22 bits per heavy atom. The average Bonchev–Trinajstić information content (AvgIpc) is 3.00. The van der Waals surface area contributed by atoms with Gasteiger partial charge in [-0.3, -0.25) is 4.79 Å². The summed E-state index contributed by atoms with van der Waals surface area (Å²) in [5.74, 6) is 0.136. The van der Waals surface area contributed by atoms with Crippen molar-refractivity contribution in [2.45, 2.75) is 51.6 Å². The molecule has 1 aliphatic carbocycles. The lowest BCUT2D eigenvalue weighted by Gasteiger charge is -2.12. The quantitative estimate of drug-likeness (QED) is 0.830. The van der Waals surface area contributed by atoms with Gasteiger partial charge in [0.1, 0.15) is 0 Å². The van der Waals surface area contributed by atoms with Gasteiger partial charge in [-0.15, -0.1) is 11.3 Å². The molecule has 1 amide bonds. The maximum absolute atomic E-state index is 11.7. The van der Waals surface area contributed by atoms with Gasteiger partial charge in [-0.25, -0.2) is 0 Å². The van der Waals surface area contributed by atoms with Gasteiger partial charge in [0.2, 0.25) is 5.91 Å². The van der Waals surface area contributed by atoms with Crippen molar-refractivity contribution in [3.63, 3.8) is 0 Å². The van der Waals surface area contributed by atoms with Crippen LogP contribution in [0.4, 0.5) is 0 Å². The van der Waals surface area contributed by atoms with Crippen LogP contribution in [0.5, 0.6) is 0 Å². The third-order valence-electron chi connectivity index (χ3n) is 3.51. The van der Waals surface area contributed by atoms with E-state index in [1.165, 1.54) is 23.3 Å². The fourth-order valence-electron chi connectivity index (χ4n) is 2.48. The van der Waals surface area contributed by atoms with Gasteiger partial charge < -0.3 is 10.6 Å². The van der Waals surface area contributed by atoms with E-state index in [0.717, 1.165) is 25.8 Å². The number of carbonyl (C=O) groups is 1. The number of aryl methyl sites for hydroxylation is 1. The van der Waals surface area contributed by atoms with Crippen molar-refractivity contribution >= 4 is 17.2 Å². The number of carbonyl (C=O) groups excluding carboxylic acids is 1. The van der Waals surface area contributed by atoms with Crippen LogP contribution in [0, 0.1) is 0 Å². The predicted octanol–water partition coefficient (Wildman–Crippen LogP) is 2.46. The Morgan fingerprint density at radius 1 is 1.44 bits per heavy atom. The van der Waals surface area contributed by atoms with Crippen molar-refractivity contribution in [1.82, 2.24) is 10.6 Å². The molecule has 0 aromatic carbocycles. The molecule has 1 aliphatic rings. The van der Waals surface area contributed by atoms with E-state index in [2.05, 4.69) is 29.0 Å². The third-order valence-corrected chi connectivity index (χ3v) is 4.47. The summed E-state index contributed by atoms with van der Waals surface area (Å²) in [4.78, 5) is 13.1. The van der Waals surface area contributed by atoms with E-state index in [4.69, 9.17) is 0 Å². The minimum atomic E-state index is 0.136. The summed E-state index contributed by atoms with van der Waals surface area (Å²) < 4.78 is 0. The Labute approximate surface area is 113 Å². The first kappa shape index (κ1) is 13.6. The van der Waals surface area contributed by atoms with Crippen LogP contribution in [0.2, 0.25) is 0 Å². The molecular weight excluding hydrogens is 244 g/mol. The van der Waals surface area contributed by atoms with Gasteiger partial charge in [-0.1, -0.05) is 19.8 Å². The second-order valence-corrected chi connectivity index (χ2v) is 5.88. The fraction of sp³-hybridized carbons (Fsp3) is 0.643. The maximum Gasteiger partial charge on any atom is 0.234 e. The number of nitrogens with one attached hydrogen (secondary N) is 2. The van der Waals surface area contributed by atoms with Crippen LogP contribution >= 0.6 is 11.3 Å². The second-order valence-electron chi connectivity index (χ2n) is 4.88. The molecule has 0 unspecified atom stereocenters. The molecule has 0 saturated heterocycles. The molecule has 4 heteroatoms. The van der Waals surface area contributed by atoms with Crippen molar-refractivity contribution in [3.05, 3.63) is 21.9 Å². The molecule has 0 bridgehead atoms. The molecule has 100 valence electrons. The van der Waals surface area contributed by atoms with Gasteiger partial charge in [0.05, 0.1) is 6.54 Å². The molecule has 1 aromatic rings. The van der Waals surface area contributed by atoms with Crippen molar-refractivity contribution < 1.29 is 4.79 Å². The summed E-state index contributed by atoms with van der Waals surface area (Å²) in [7, 11) is 0. The number of rotatable bonds is 6. The Hall–Kier alpha value is -0.870. The minimum absolute atomic E-state index is 0.136. The van der Waals surface area contributed by atoms with Crippen LogP contribution in [0.15, 0.2) is 11.4 Å². The normalized spacial score (nSPS) is 16.1. The Balaban J connectivity index is 1.66. The van der Waals surface area contributed by atoms with E-state index in [0.29, 0.717) is 12.6 Å². The van der Waals surface area contributed by atoms with E-state index in [-0.39, 0.29) is 5.91 Å². The third kappa shape index (κ3) is 3.82. The predicted molar refractivity (Wildman–Crippen MR) is 75.8 cm³/mol. The molecule has 2 N–H and O–H groups in total. The number of hydrogen-bond acceptors (Lipinski definition) is 3. The SMILES string of the molecule is CCc1ccsc1CNCC(=O)NC1CCCC1. The van der Waals surface area contributed by atoms with Crippen molar-refractivity contribution in [2.24, 2.45) is 0 Å². The highest BCUT2D eigenvalue weighted by molar-refractivity contribution is 7.10. The van der Waals surface area contributed by atoms with Gasteiger partial charge in [0.25, 0.3) is 0 Å². The summed E-state index contributed by atoms with van der Waals surface area (Å²) in [5.41, 5.74) is 1.39. The molecular formula is C14H22N2OS. The van der Waals surface area contributed by atoms with Gasteiger partial charge in [-0.2, -0.15) is 0 Å². The molecule has 1 aromatic heterocycles. The van der Waals surface area contributed by atoms with Crippen LogP contribution < -0.4 is 10.6 Å². The number of thiophene rings is 1. The molecule has 3 nitrogen and oxygen atoms in total. The molecule has 1 fully saturated rings. The van der Waals surface area contributed by atoms with Crippen molar-refractivity contribution in [3.8, 4) is 0 Å². The standard InChI is InChI=1S/C14H22N2OS/c1-2-11-7-8-18-13(11)9-15-10-14(17)16-12-5-3-4-6-12/h7-8,12,15H,2-6,9-10H2,1H3,(H,16,17). The van der Waals surface area contributed by atoms with E-state index in [1.807, 2.05) is 0 Å². The molecule has 18 heavy (non-hydrogen) atoms. The molecule has 1 heterocycles. The monoisotopic (exact) mass is 266 g/mol. The molecule has 0 atom stereocenters. The van der Waals surface area contributed by atoms with Gasteiger partial charge >= 0.3 is 0 Å². The fourth-order valence-corrected chi connectivity index (χ4v) is 3.42. The highest BCUT2D eigenvalue weighted by Crippen LogP contribution is 2.18.